The van der Waals surface area contributed by atoms with Gasteiger partial charge in [-0.15, -0.1) is 19.7 Å². The summed E-state index contributed by atoms with van der Waals surface area (Å²) in [6, 6.07) is 0. The molecule has 2 atom stereocenters. The van der Waals surface area contributed by atoms with E-state index >= 15 is 0 Å². The second-order valence-electron chi connectivity index (χ2n) is 3.18. The van der Waals surface area contributed by atoms with Crippen LogP contribution in [0.4, 0.5) is 0 Å². The Balaban J connectivity index is 3.86. The summed E-state index contributed by atoms with van der Waals surface area (Å²) in [5, 5.41) is 9.53. The molecule has 0 amide bonds. The van der Waals surface area contributed by atoms with Crippen molar-refractivity contribution in [1.82, 2.24) is 0 Å². The van der Waals surface area contributed by atoms with Gasteiger partial charge in [0, 0.05) is 6.42 Å². The van der Waals surface area contributed by atoms with Crippen molar-refractivity contribution in [1.29, 1.82) is 0 Å². The molecule has 0 aliphatic rings. The van der Waals surface area contributed by atoms with Crippen LogP contribution in [0.1, 0.15) is 19.3 Å². The SMILES string of the molecule is C=CCO[C@H](CC=C)C[C@H](O)CC=C. The normalized spacial score (nSPS) is 14.4. The second kappa shape index (κ2) is 8.73. The van der Waals surface area contributed by atoms with E-state index in [-0.39, 0.29) is 12.2 Å². The number of rotatable bonds is 9. The lowest BCUT2D eigenvalue weighted by molar-refractivity contribution is 0.0305. The van der Waals surface area contributed by atoms with E-state index in [0.29, 0.717) is 19.4 Å². The number of hydrogen-bond acceptors (Lipinski definition) is 2. The van der Waals surface area contributed by atoms with Crippen LogP contribution in [0.25, 0.3) is 0 Å². The molecule has 0 aliphatic carbocycles. The summed E-state index contributed by atoms with van der Waals surface area (Å²) in [4.78, 5) is 0. The van der Waals surface area contributed by atoms with Gasteiger partial charge in [0.05, 0.1) is 18.8 Å². The quantitative estimate of drug-likeness (QED) is 0.574. The molecule has 0 aliphatic heterocycles. The Hall–Kier alpha value is -0.860. The molecule has 2 heteroatoms. The Morgan fingerprint density at radius 3 is 2.21 bits per heavy atom. The standard InChI is InChI=1S/C12H20O2/c1-4-7-11(13)10-12(8-5-2)14-9-6-3/h4-6,11-13H,1-3,7-10H2/t11-,12-/m1/s1. The van der Waals surface area contributed by atoms with Gasteiger partial charge in [-0.2, -0.15) is 0 Å². The minimum atomic E-state index is -0.373. The second-order valence-corrected chi connectivity index (χ2v) is 3.18. The molecule has 0 aromatic carbocycles. The molecule has 0 saturated heterocycles. The predicted octanol–water partition coefficient (Wildman–Crippen LogP) is 2.46. The molecule has 80 valence electrons. The summed E-state index contributed by atoms with van der Waals surface area (Å²) in [5.41, 5.74) is 0. The summed E-state index contributed by atoms with van der Waals surface area (Å²) in [5.74, 6) is 0. The Morgan fingerprint density at radius 1 is 1.07 bits per heavy atom. The van der Waals surface area contributed by atoms with Crippen molar-refractivity contribution >= 4 is 0 Å². The minimum Gasteiger partial charge on any atom is -0.393 e. The first-order valence-electron chi connectivity index (χ1n) is 4.87. The lowest BCUT2D eigenvalue weighted by Crippen LogP contribution is -2.20. The van der Waals surface area contributed by atoms with Crippen molar-refractivity contribution in [2.24, 2.45) is 0 Å². The molecular formula is C12H20O2. The Bertz CT molecular complexity index is 175. The molecule has 0 aromatic rings. The molecule has 0 bridgehead atoms. The number of aliphatic hydroxyl groups excluding tert-OH is 1. The first-order valence-corrected chi connectivity index (χ1v) is 4.87. The van der Waals surface area contributed by atoms with Crippen molar-refractivity contribution in [2.75, 3.05) is 6.61 Å². The molecule has 0 spiro atoms. The lowest BCUT2D eigenvalue weighted by Gasteiger charge is -2.18. The average Bonchev–Trinajstić information content (AvgIpc) is 2.15. The van der Waals surface area contributed by atoms with Crippen LogP contribution >= 0.6 is 0 Å². The van der Waals surface area contributed by atoms with Gasteiger partial charge in [-0.3, -0.25) is 0 Å². The highest BCUT2D eigenvalue weighted by Gasteiger charge is 2.12. The first-order chi connectivity index (χ1) is 6.74. The van der Waals surface area contributed by atoms with Gasteiger partial charge in [0.2, 0.25) is 0 Å². The van der Waals surface area contributed by atoms with E-state index in [0.717, 1.165) is 6.42 Å². The molecule has 0 heterocycles. The van der Waals surface area contributed by atoms with Gasteiger partial charge in [-0.25, -0.2) is 0 Å². The summed E-state index contributed by atoms with van der Waals surface area (Å²) >= 11 is 0. The molecule has 0 unspecified atom stereocenters. The number of ether oxygens (including phenoxy) is 1. The van der Waals surface area contributed by atoms with Crippen LogP contribution in [-0.2, 0) is 4.74 Å². The topological polar surface area (TPSA) is 29.5 Å². The van der Waals surface area contributed by atoms with Gasteiger partial charge in [0.15, 0.2) is 0 Å². The monoisotopic (exact) mass is 196 g/mol. The fourth-order valence-corrected chi connectivity index (χ4v) is 1.21. The van der Waals surface area contributed by atoms with Gasteiger partial charge in [0.1, 0.15) is 0 Å². The van der Waals surface area contributed by atoms with E-state index in [1.54, 1.807) is 18.2 Å². The maximum atomic E-state index is 9.53. The largest absolute Gasteiger partial charge is 0.393 e. The Morgan fingerprint density at radius 2 is 1.71 bits per heavy atom. The highest BCUT2D eigenvalue weighted by atomic mass is 16.5. The smallest absolute Gasteiger partial charge is 0.0648 e. The van der Waals surface area contributed by atoms with E-state index in [9.17, 15) is 5.11 Å². The first kappa shape index (κ1) is 13.1. The predicted molar refractivity (Wildman–Crippen MR) is 60.2 cm³/mol. The third kappa shape index (κ3) is 6.63. The van der Waals surface area contributed by atoms with Crippen LogP contribution in [-0.4, -0.2) is 23.9 Å². The zero-order valence-electron chi connectivity index (χ0n) is 8.69. The third-order valence-corrected chi connectivity index (χ3v) is 1.85. The number of hydrogen-bond donors (Lipinski definition) is 1. The van der Waals surface area contributed by atoms with E-state index < -0.39 is 0 Å². The zero-order chi connectivity index (χ0) is 10.8. The summed E-state index contributed by atoms with van der Waals surface area (Å²) in [7, 11) is 0. The van der Waals surface area contributed by atoms with E-state index in [2.05, 4.69) is 19.7 Å². The fourth-order valence-electron chi connectivity index (χ4n) is 1.21. The van der Waals surface area contributed by atoms with Gasteiger partial charge in [-0.05, 0) is 12.8 Å². The van der Waals surface area contributed by atoms with Crippen molar-refractivity contribution in [2.45, 2.75) is 31.5 Å². The molecule has 0 saturated carbocycles. The molecule has 0 fully saturated rings. The molecular weight excluding hydrogens is 176 g/mol. The van der Waals surface area contributed by atoms with Gasteiger partial charge < -0.3 is 9.84 Å². The minimum absolute atomic E-state index is 0.0282. The number of aliphatic hydroxyl groups is 1. The summed E-state index contributed by atoms with van der Waals surface area (Å²) in [6.45, 7) is 11.3. The summed E-state index contributed by atoms with van der Waals surface area (Å²) in [6.07, 6.45) is 6.84. The Kier molecular flexibility index (Phi) is 8.19. The van der Waals surface area contributed by atoms with Crippen LogP contribution in [0.3, 0.4) is 0 Å². The van der Waals surface area contributed by atoms with Gasteiger partial charge in [0.25, 0.3) is 0 Å². The van der Waals surface area contributed by atoms with Crippen molar-refractivity contribution < 1.29 is 9.84 Å². The molecule has 0 radical (unpaired) electrons. The highest BCUT2D eigenvalue weighted by Crippen LogP contribution is 2.10. The highest BCUT2D eigenvalue weighted by molar-refractivity contribution is 4.80. The molecule has 0 rings (SSSR count). The maximum absolute atomic E-state index is 9.53. The van der Waals surface area contributed by atoms with Crippen LogP contribution in [0.5, 0.6) is 0 Å². The van der Waals surface area contributed by atoms with Crippen molar-refractivity contribution in [3.8, 4) is 0 Å². The fraction of sp³-hybridized carbons (Fsp3) is 0.500. The van der Waals surface area contributed by atoms with E-state index in [4.69, 9.17) is 4.74 Å². The lowest BCUT2D eigenvalue weighted by atomic mass is 10.1. The van der Waals surface area contributed by atoms with Gasteiger partial charge in [-0.1, -0.05) is 18.2 Å². The van der Waals surface area contributed by atoms with Crippen molar-refractivity contribution in [3.05, 3.63) is 38.0 Å². The Labute approximate surface area is 86.6 Å². The molecule has 0 aromatic heterocycles. The van der Waals surface area contributed by atoms with E-state index in [1.165, 1.54) is 0 Å². The zero-order valence-corrected chi connectivity index (χ0v) is 8.69. The van der Waals surface area contributed by atoms with Crippen LogP contribution in [0.15, 0.2) is 38.0 Å². The van der Waals surface area contributed by atoms with Crippen LogP contribution < -0.4 is 0 Å². The molecule has 14 heavy (non-hydrogen) atoms. The summed E-state index contributed by atoms with van der Waals surface area (Å²) < 4.78 is 5.47. The average molecular weight is 196 g/mol. The van der Waals surface area contributed by atoms with Gasteiger partial charge >= 0.3 is 0 Å². The van der Waals surface area contributed by atoms with Crippen molar-refractivity contribution in [3.63, 3.8) is 0 Å². The van der Waals surface area contributed by atoms with Crippen LogP contribution in [0.2, 0.25) is 0 Å². The molecule has 1 N–H and O–H groups in total. The van der Waals surface area contributed by atoms with Crippen LogP contribution in [0, 0.1) is 0 Å². The maximum Gasteiger partial charge on any atom is 0.0648 e. The third-order valence-electron chi connectivity index (χ3n) is 1.85. The molecule has 2 nitrogen and oxygen atoms in total. The van der Waals surface area contributed by atoms with E-state index in [1.807, 2.05) is 0 Å².